The van der Waals surface area contributed by atoms with E-state index in [9.17, 15) is 19.2 Å². The Morgan fingerprint density at radius 2 is 1.97 bits per heavy atom. The molecule has 0 spiro atoms. The summed E-state index contributed by atoms with van der Waals surface area (Å²) in [6.45, 7) is 3.28. The van der Waals surface area contributed by atoms with Crippen molar-refractivity contribution >= 4 is 23.8 Å². The molecule has 2 aliphatic rings. The molecule has 2 fully saturated rings. The molecule has 2 N–H and O–H groups in total. The smallest absolute Gasteiger partial charge is 0.317 e. The van der Waals surface area contributed by atoms with Gasteiger partial charge in [-0.25, -0.2) is 0 Å². The third kappa shape index (κ3) is 8.35. The van der Waals surface area contributed by atoms with Crippen LogP contribution in [0.5, 0.6) is 0 Å². The molecule has 0 aromatic rings. The molecule has 1 heterocycles. The van der Waals surface area contributed by atoms with E-state index in [1.807, 2.05) is 6.92 Å². The van der Waals surface area contributed by atoms with Gasteiger partial charge in [-0.3, -0.25) is 24.1 Å². The SMILES string of the molecule is CC1(C(=O)OCC2CN(C(=O)CCNC(=O)CCCCN=[N+]=[N-])CCN2CC(=O)O)CC1. The Labute approximate surface area is 186 Å². The Morgan fingerprint density at radius 3 is 2.62 bits per heavy atom. The molecule has 0 radical (unpaired) electrons. The van der Waals surface area contributed by atoms with Crippen LogP contribution in [-0.4, -0.2) is 90.6 Å². The number of esters is 1. The Kier molecular flexibility index (Phi) is 9.73. The van der Waals surface area contributed by atoms with E-state index in [2.05, 4.69) is 15.3 Å². The van der Waals surface area contributed by atoms with E-state index in [0.717, 1.165) is 12.8 Å². The van der Waals surface area contributed by atoms with E-state index in [1.165, 1.54) is 0 Å². The number of carboxylic acids is 1. The number of aliphatic carboxylic acids is 1. The van der Waals surface area contributed by atoms with Crippen molar-refractivity contribution < 1.29 is 29.0 Å². The van der Waals surface area contributed by atoms with Gasteiger partial charge in [0.25, 0.3) is 0 Å². The minimum Gasteiger partial charge on any atom is -0.480 e. The van der Waals surface area contributed by atoms with Crippen LogP contribution in [0.2, 0.25) is 0 Å². The maximum atomic E-state index is 12.6. The third-order valence-corrected chi connectivity index (χ3v) is 5.83. The van der Waals surface area contributed by atoms with Crippen molar-refractivity contribution in [1.82, 2.24) is 15.1 Å². The number of hydrogen-bond acceptors (Lipinski definition) is 7. The maximum absolute atomic E-state index is 12.6. The molecule has 1 saturated heterocycles. The summed E-state index contributed by atoms with van der Waals surface area (Å²) >= 11 is 0. The molecule has 0 aromatic carbocycles. The van der Waals surface area contributed by atoms with Crippen LogP contribution < -0.4 is 5.32 Å². The lowest BCUT2D eigenvalue weighted by atomic mass is 10.1. The first-order valence-electron chi connectivity index (χ1n) is 10.9. The zero-order valence-electron chi connectivity index (χ0n) is 18.5. The highest BCUT2D eigenvalue weighted by molar-refractivity contribution is 5.80. The summed E-state index contributed by atoms with van der Waals surface area (Å²) in [5, 5.41) is 15.3. The first kappa shape index (κ1) is 25.4. The first-order chi connectivity index (χ1) is 15.2. The van der Waals surface area contributed by atoms with Crippen molar-refractivity contribution in [2.24, 2.45) is 10.5 Å². The molecular formula is C20H32N6O6. The van der Waals surface area contributed by atoms with Crippen LogP contribution in [0.25, 0.3) is 10.4 Å². The lowest BCUT2D eigenvalue weighted by Gasteiger charge is -2.40. The van der Waals surface area contributed by atoms with Crippen molar-refractivity contribution in [1.29, 1.82) is 0 Å². The number of carboxylic acid groups (broad SMARTS) is 1. The third-order valence-electron chi connectivity index (χ3n) is 5.83. The van der Waals surface area contributed by atoms with E-state index >= 15 is 0 Å². The summed E-state index contributed by atoms with van der Waals surface area (Å²) in [5.41, 5.74) is 7.77. The number of nitrogens with one attached hydrogen (secondary N) is 1. The predicted molar refractivity (Wildman–Crippen MR) is 113 cm³/mol. The van der Waals surface area contributed by atoms with Crippen LogP contribution in [0.1, 0.15) is 45.4 Å². The number of azide groups is 1. The van der Waals surface area contributed by atoms with Gasteiger partial charge in [-0.2, -0.15) is 0 Å². The number of ether oxygens (including phenoxy) is 1. The molecule has 32 heavy (non-hydrogen) atoms. The number of piperazine rings is 1. The normalized spacial score (nSPS) is 19.5. The summed E-state index contributed by atoms with van der Waals surface area (Å²) in [7, 11) is 0. The summed E-state index contributed by atoms with van der Waals surface area (Å²) in [6.07, 6.45) is 3.24. The molecule has 0 aromatic heterocycles. The molecule has 2 amide bonds. The molecule has 0 bridgehead atoms. The van der Waals surface area contributed by atoms with Crippen molar-refractivity contribution in [2.75, 3.05) is 45.9 Å². The van der Waals surface area contributed by atoms with Gasteiger partial charge in [0.15, 0.2) is 0 Å². The highest BCUT2D eigenvalue weighted by atomic mass is 16.5. The molecule has 178 valence electrons. The minimum atomic E-state index is -0.975. The van der Waals surface area contributed by atoms with E-state index in [0.29, 0.717) is 38.9 Å². The Bertz CT molecular complexity index is 749. The molecule has 1 unspecified atom stereocenters. The van der Waals surface area contributed by atoms with Gasteiger partial charge in [-0.15, -0.1) is 0 Å². The summed E-state index contributed by atoms with van der Waals surface area (Å²) < 4.78 is 5.43. The van der Waals surface area contributed by atoms with Crippen LogP contribution in [0.15, 0.2) is 5.11 Å². The van der Waals surface area contributed by atoms with Gasteiger partial charge in [0.05, 0.1) is 18.0 Å². The number of hydrogen-bond donors (Lipinski definition) is 2. The van der Waals surface area contributed by atoms with Crippen molar-refractivity contribution in [3.8, 4) is 0 Å². The molecule has 12 heteroatoms. The monoisotopic (exact) mass is 452 g/mol. The Hall–Kier alpha value is -2.85. The quantitative estimate of drug-likeness (QED) is 0.138. The fraction of sp³-hybridized carbons (Fsp3) is 0.800. The van der Waals surface area contributed by atoms with Crippen LogP contribution in [0, 0.1) is 5.41 Å². The molecule has 1 aliphatic carbocycles. The molecule has 1 aliphatic heterocycles. The molecule has 1 atom stereocenters. The Morgan fingerprint density at radius 1 is 1.22 bits per heavy atom. The minimum absolute atomic E-state index is 0.0397. The average molecular weight is 453 g/mol. The first-order valence-corrected chi connectivity index (χ1v) is 10.9. The average Bonchev–Trinajstić information content (AvgIpc) is 3.50. The number of carbonyl (C=O) groups excluding carboxylic acids is 3. The van der Waals surface area contributed by atoms with Gasteiger partial charge in [0.1, 0.15) is 6.61 Å². The predicted octanol–water partition coefficient (Wildman–Crippen LogP) is 0.914. The lowest BCUT2D eigenvalue weighted by molar-refractivity contribution is -0.153. The highest BCUT2D eigenvalue weighted by Crippen LogP contribution is 2.46. The van der Waals surface area contributed by atoms with Gasteiger partial charge in [0.2, 0.25) is 11.8 Å². The number of nitrogens with zero attached hydrogens (tertiary/aromatic N) is 5. The van der Waals surface area contributed by atoms with Gasteiger partial charge in [0, 0.05) is 50.5 Å². The second-order valence-electron chi connectivity index (χ2n) is 8.53. The zero-order valence-corrected chi connectivity index (χ0v) is 18.5. The van der Waals surface area contributed by atoms with E-state index in [-0.39, 0.29) is 56.5 Å². The second kappa shape index (κ2) is 12.3. The summed E-state index contributed by atoms with van der Waals surface area (Å²) in [6, 6.07) is -0.388. The zero-order chi connectivity index (χ0) is 23.6. The second-order valence-corrected chi connectivity index (χ2v) is 8.53. The van der Waals surface area contributed by atoms with Gasteiger partial charge in [-0.1, -0.05) is 5.11 Å². The molecule has 12 nitrogen and oxygen atoms in total. The van der Waals surface area contributed by atoms with E-state index in [1.54, 1.807) is 9.80 Å². The topological polar surface area (TPSA) is 165 Å². The van der Waals surface area contributed by atoms with Crippen molar-refractivity contribution in [3.63, 3.8) is 0 Å². The largest absolute Gasteiger partial charge is 0.480 e. The fourth-order valence-electron chi connectivity index (χ4n) is 3.47. The standard InChI is InChI=1S/C20H32N6O6/c1-20(6-7-20)19(31)32-14-15-12-26(11-10-25(15)13-18(29)30)17(28)5-9-22-16(27)4-2-3-8-23-24-21/h15H,2-14H2,1H3,(H,22,27)(H,29,30). The van der Waals surface area contributed by atoms with Gasteiger partial charge >= 0.3 is 11.9 Å². The van der Waals surface area contributed by atoms with Gasteiger partial charge in [-0.05, 0) is 38.1 Å². The number of rotatable bonds is 13. The fourth-order valence-corrected chi connectivity index (χ4v) is 3.47. The highest BCUT2D eigenvalue weighted by Gasteiger charge is 2.47. The maximum Gasteiger partial charge on any atom is 0.317 e. The lowest BCUT2D eigenvalue weighted by Crippen LogP contribution is -2.57. The van der Waals surface area contributed by atoms with Crippen molar-refractivity contribution in [2.45, 2.75) is 51.5 Å². The van der Waals surface area contributed by atoms with Crippen LogP contribution in [-0.2, 0) is 23.9 Å². The van der Waals surface area contributed by atoms with Crippen molar-refractivity contribution in [3.05, 3.63) is 10.4 Å². The summed E-state index contributed by atoms with van der Waals surface area (Å²) in [5.74, 6) is -1.56. The molecule has 1 saturated carbocycles. The number of unbranched alkanes of at least 4 members (excludes halogenated alkanes) is 1. The van der Waals surface area contributed by atoms with Crippen LogP contribution in [0.4, 0.5) is 0 Å². The Balaban J connectivity index is 1.75. The van der Waals surface area contributed by atoms with Crippen LogP contribution in [0.3, 0.4) is 0 Å². The summed E-state index contributed by atoms with van der Waals surface area (Å²) in [4.78, 5) is 53.7. The number of carbonyl (C=O) groups is 4. The van der Waals surface area contributed by atoms with E-state index < -0.39 is 11.4 Å². The molecule has 2 rings (SSSR count). The number of amides is 2. The van der Waals surface area contributed by atoms with Crippen LogP contribution >= 0.6 is 0 Å². The van der Waals surface area contributed by atoms with E-state index in [4.69, 9.17) is 15.4 Å². The van der Waals surface area contributed by atoms with Gasteiger partial charge < -0.3 is 20.1 Å². The molecular weight excluding hydrogens is 420 g/mol.